The van der Waals surface area contributed by atoms with Crippen LogP contribution in [0.5, 0.6) is 0 Å². The van der Waals surface area contributed by atoms with Crippen molar-refractivity contribution in [2.75, 3.05) is 24.5 Å². The molecule has 0 aliphatic carbocycles. The normalized spacial score (nSPS) is 14.2. The Morgan fingerprint density at radius 1 is 1.00 bits per heavy atom. The number of nitrogens with two attached hydrogens (primary N) is 1. The second-order valence-electron chi connectivity index (χ2n) is 8.37. The van der Waals surface area contributed by atoms with Crippen molar-refractivity contribution < 1.29 is 9.59 Å². The van der Waals surface area contributed by atoms with Gasteiger partial charge < -0.3 is 15.5 Å². The number of hydrogen-bond donors (Lipinski definition) is 1. The monoisotopic (exact) mass is 463 g/mol. The Labute approximate surface area is 198 Å². The fourth-order valence-corrected chi connectivity index (χ4v) is 4.78. The summed E-state index contributed by atoms with van der Waals surface area (Å²) in [5, 5.41) is 0.824. The van der Waals surface area contributed by atoms with E-state index in [1.54, 1.807) is 0 Å². The summed E-state index contributed by atoms with van der Waals surface area (Å²) in [4.78, 5) is 33.0. The summed E-state index contributed by atoms with van der Waals surface area (Å²) in [6.45, 7) is 2.40. The molecule has 7 nitrogen and oxygen atoms in total. The predicted octanol–water partition coefficient (Wildman–Crippen LogP) is 3.25. The standard InChI is InChI=1S/C25H29N5O2S/c26-24(32)21-11-14-29(15-12-21)23(31)13-16-30(18-20-9-5-2-6-10-20)25-27-22(28-33-25)17-19-7-3-1-4-8-19/h1-10,21H,11-18H2,(H2,26,32). The Kier molecular flexibility index (Phi) is 7.67. The predicted molar refractivity (Wildman–Crippen MR) is 130 cm³/mol. The molecule has 4 rings (SSSR count). The quantitative estimate of drug-likeness (QED) is 0.526. The zero-order valence-electron chi connectivity index (χ0n) is 18.6. The van der Waals surface area contributed by atoms with Gasteiger partial charge in [0.2, 0.25) is 16.9 Å². The van der Waals surface area contributed by atoms with Crippen LogP contribution in [0.15, 0.2) is 60.7 Å². The lowest BCUT2D eigenvalue weighted by molar-refractivity contribution is -0.134. The van der Waals surface area contributed by atoms with Crippen LogP contribution >= 0.6 is 11.5 Å². The van der Waals surface area contributed by atoms with Crippen molar-refractivity contribution in [2.45, 2.75) is 32.2 Å². The topological polar surface area (TPSA) is 92.4 Å². The van der Waals surface area contributed by atoms with Crippen molar-refractivity contribution in [3.05, 3.63) is 77.6 Å². The molecule has 0 unspecified atom stereocenters. The van der Waals surface area contributed by atoms with Gasteiger partial charge in [0.1, 0.15) is 5.82 Å². The molecule has 8 heteroatoms. The van der Waals surface area contributed by atoms with Gasteiger partial charge in [0.15, 0.2) is 0 Å². The van der Waals surface area contributed by atoms with E-state index in [9.17, 15) is 9.59 Å². The number of aromatic nitrogens is 2. The molecule has 1 saturated heterocycles. The molecule has 2 aromatic carbocycles. The van der Waals surface area contributed by atoms with E-state index in [1.165, 1.54) is 17.1 Å². The molecule has 0 atom stereocenters. The summed E-state index contributed by atoms with van der Waals surface area (Å²) < 4.78 is 4.57. The second-order valence-corrected chi connectivity index (χ2v) is 9.10. The molecule has 3 aromatic rings. The molecule has 2 amide bonds. The molecular formula is C25H29N5O2S. The average Bonchev–Trinajstić information content (AvgIpc) is 3.31. The van der Waals surface area contributed by atoms with Gasteiger partial charge in [0, 0.05) is 56.5 Å². The van der Waals surface area contributed by atoms with E-state index in [1.807, 2.05) is 41.3 Å². The van der Waals surface area contributed by atoms with Crippen LogP contribution < -0.4 is 10.6 Å². The number of primary amides is 1. The van der Waals surface area contributed by atoms with Gasteiger partial charge in [0.05, 0.1) is 0 Å². The van der Waals surface area contributed by atoms with E-state index in [-0.39, 0.29) is 17.7 Å². The summed E-state index contributed by atoms with van der Waals surface area (Å²) >= 11 is 1.38. The first kappa shape index (κ1) is 22.9. The molecule has 1 aliphatic rings. The lowest BCUT2D eigenvalue weighted by Crippen LogP contribution is -2.42. The maximum Gasteiger partial charge on any atom is 0.224 e. The third kappa shape index (κ3) is 6.38. The van der Waals surface area contributed by atoms with Gasteiger partial charge in [-0.1, -0.05) is 60.7 Å². The number of carbonyl (C=O) groups is 2. The van der Waals surface area contributed by atoms with Crippen LogP contribution in [0.25, 0.3) is 0 Å². The molecule has 2 heterocycles. The van der Waals surface area contributed by atoms with Crippen LogP contribution in [0.2, 0.25) is 0 Å². The Balaban J connectivity index is 1.41. The van der Waals surface area contributed by atoms with Crippen molar-refractivity contribution in [3.8, 4) is 0 Å². The van der Waals surface area contributed by atoms with Gasteiger partial charge >= 0.3 is 0 Å². The number of nitrogens with zero attached hydrogens (tertiary/aromatic N) is 4. The van der Waals surface area contributed by atoms with Crippen LogP contribution in [0, 0.1) is 5.92 Å². The number of piperidine rings is 1. The van der Waals surface area contributed by atoms with E-state index >= 15 is 0 Å². The summed E-state index contributed by atoms with van der Waals surface area (Å²) in [6, 6.07) is 20.4. The van der Waals surface area contributed by atoms with Crippen LogP contribution in [0.3, 0.4) is 0 Å². The summed E-state index contributed by atoms with van der Waals surface area (Å²) in [5.74, 6) is 0.510. The number of carbonyl (C=O) groups excluding carboxylic acids is 2. The molecule has 1 fully saturated rings. The maximum absolute atomic E-state index is 12.9. The smallest absolute Gasteiger partial charge is 0.224 e. The van der Waals surface area contributed by atoms with Gasteiger partial charge in [-0.3, -0.25) is 9.59 Å². The van der Waals surface area contributed by atoms with Gasteiger partial charge in [-0.05, 0) is 24.0 Å². The highest BCUT2D eigenvalue weighted by Gasteiger charge is 2.26. The van der Waals surface area contributed by atoms with Crippen molar-refractivity contribution >= 4 is 28.5 Å². The molecule has 1 aromatic heterocycles. The fraction of sp³-hybridized carbons (Fsp3) is 0.360. The Bertz CT molecular complexity index is 1050. The number of hydrogen-bond acceptors (Lipinski definition) is 6. The first-order chi connectivity index (χ1) is 16.1. The Morgan fingerprint density at radius 3 is 2.27 bits per heavy atom. The molecule has 33 heavy (non-hydrogen) atoms. The van der Waals surface area contributed by atoms with Crippen molar-refractivity contribution in [1.82, 2.24) is 14.3 Å². The zero-order chi connectivity index (χ0) is 23.0. The number of likely N-dealkylation sites (tertiary alicyclic amines) is 1. The SMILES string of the molecule is NC(=O)C1CCN(C(=O)CCN(Cc2ccccc2)c2nc(Cc3ccccc3)ns2)CC1. The highest BCUT2D eigenvalue weighted by atomic mass is 32.1. The van der Waals surface area contributed by atoms with Gasteiger partial charge in [-0.2, -0.15) is 4.37 Å². The minimum absolute atomic E-state index is 0.102. The average molecular weight is 464 g/mol. The van der Waals surface area contributed by atoms with E-state index in [2.05, 4.69) is 33.5 Å². The second kappa shape index (κ2) is 11.0. The van der Waals surface area contributed by atoms with E-state index in [0.29, 0.717) is 51.9 Å². The van der Waals surface area contributed by atoms with Gasteiger partial charge in [0.25, 0.3) is 0 Å². The van der Waals surface area contributed by atoms with Crippen LogP contribution in [-0.4, -0.2) is 45.7 Å². The van der Waals surface area contributed by atoms with E-state index in [0.717, 1.165) is 16.5 Å². The third-order valence-corrected chi connectivity index (χ3v) is 6.81. The largest absolute Gasteiger partial charge is 0.369 e. The van der Waals surface area contributed by atoms with Crippen molar-refractivity contribution in [2.24, 2.45) is 11.7 Å². The minimum atomic E-state index is -0.265. The lowest BCUT2D eigenvalue weighted by Gasteiger charge is -2.31. The molecule has 172 valence electrons. The number of rotatable bonds is 9. The summed E-state index contributed by atoms with van der Waals surface area (Å²) in [7, 11) is 0. The number of anilines is 1. The van der Waals surface area contributed by atoms with Crippen molar-refractivity contribution in [3.63, 3.8) is 0 Å². The molecule has 2 N–H and O–H groups in total. The summed E-state index contributed by atoms with van der Waals surface area (Å²) in [5.41, 5.74) is 7.75. The third-order valence-electron chi connectivity index (χ3n) is 5.99. The highest BCUT2D eigenvalue weighted by molar-refractivity contribution is 7.09. The Hall–Kier alpha value is -3.26. The molecule has 0 radical (unpaired) electrons. The van der Waals surface area contributed by atoms with Crippen LogP contribution in [0.4, 0.5) is 5.13 Å². The minimum Gasteiger partial charge on any atom is -0.369 e. The fourth-order valence-electron chi connectivity index (χ4n) is 4.07. The summed E-state index contributed by atoms with van der Waals surface area (Å²) in [6.07, 6.45) is 2.37. The number of amides is 2. The van der Waals surface area contributed by atoms with Crippen molar-refractivity contribution in [1.29, 1.82) is 0 Å². The molecule has 0 spiro atoms. The van der Waals surface area contributed by atoms with Gasteiger partial charge in [-0.25, -0.2) is 4.98 Å². The molecule has 0 saturated carbocycles. The Morgan fingerprint density at radius 2 is 1.64 bits per heavy atom. The van der Waals surface area contributed by atoms with Crippen LogP contribution in [-0.2, 0) is 22.6 Å². The van der Waals surface area contributed by atoms with E-state index < -0.39 is 0 Å². The first-order valence-corrected chi connectivity index (χ1v) is 12.1. The molecular weight excluding hydrogens is 434 g/mol. The van der Waals surface area contributed by atoms with Crippen LogP contribution in [0.1, 0.15) is 36.2 Å². The van der Waals surface area contributed by atoms with E-state index in [4.69, 9.17) is 10.7 Å². The number of benzene rings is 2. The maximum atomic E-state index is 12.9. The van der Waals surface area contributed by atoms with Gasteiger partial charge in [-0.15, -0.1) is 0 Å². The lowest BCUT2D eigenvalue weighted by atomic mass is 9.96. The molecule has 1 aliphatic heterocycles. The first-order valence-electron chi connectivity index (χ1n) is 11.3. The highest BCUT2D eigenvalue weighted by Crippen LogP contribution is 2.23. The molecule has 0 bridgehead atoms. The zero-order valence-corrected chi connectivity index (χ0v) is 19.4.